The van der Waals surface area contributed by atoms with Crippen molar-refractivity contribution < 1.29 is 26.4 Å². The number of allylic oxidation sites excluding steroid dienone is 1. The number of fused-ring (bicyclic) bond motifs is 1. The van der Waals surface area contributed by atoms with Gasteiger partial charge in [0.1, 0.15) is 5.60 Å². The van der Waals surface area contributed by atoms with Crippen molar-refractivity contribution in [1.82, 2.24) is 8.96 Å². The number of amides is 1. The average Bonchev–Trinajstić information content (AvgIpc) is 3.58. The summed E-state index contributed by atoms with van der Waals surface area (Å²) in [6.07, 6.45) is 8.08. The summed E-state index contributed by atoms with van der Waals surface area (Å²) in [6.45, 7) is 5.28. The number of carbonyl (C=O) groups is 1. The number of sulfone groups is 1. The van der Waals surface area contributed by atoms with Crippen LogP contribution < -0.4 is 5.32 Å². The molecule has 0 saturated heterocycles. The molecule has 4 aromatic rings. The molecular weight excluding hydrogens is 587 g/mol. The van der Waals surface area contributed by atoms with E-state index in [-0.39, 0.29) is 21.4 Å². The van der Waals surface area contributed by atoms with E-state index >= 15 is 0 Å². The minimum absolute atomic E-state index is 0.0964. The van der Waals surface area contributed by atoms with E-state index in [2.05, 4.69) is 16.4 Å². The number of nitrogens with one attached hydrogen (secondary N) is 1. The normalized spacial score (nSPS) is 15.1. The molecular formula is C32H35N3O6S2. The molecule has 1 amide bonds. The van der Waals surface area contributed by atoms with Crippen LogP contribution in [0.5, 0.6) is 0 Å². The number of hydrogen-bond acceptors (Lipinski definition) is 7. The summed E-state index contributed by atoms with van der Waals surface area (Å²) in [5, 5.41) is 3.17. The summed E-state index contributed by atoms with van der Waals surface area (Å²) in [5.41, 5.74) is 1.57. The summed E-state index contributed by atoms with van der Waals surface area (Å²) in [7, 11) is -7.55. The van der Waals surface area contributed by atoms with Crippen molar-refractivity contribution in [3.8, 4) is 0 Å². The lowest BCUT2D eigenvalue weighted by molar-refractivity contribution is 0.0636. The number of aromatic nitrogens is 2. The lowest BCUT2D eigenvalue weighted by Crippen LogP contribution is -2.27. The molecule has 2 heterocycles. The first-order valence-electron chi connectivity index (χ1n) is 14.1. The Balaban J connectivity index is 1.72. The Hall–Kier alpha value is -3.96. The highest BCUT2D eigenvalue weighted by Gasteiger charge is 2.28. The van der Waals surface area contributed by atoms with E-state index in [0.717, 1.165) is 31.9 Å². The summed E-state index contributed by atoms with van der Waals surface area (Å²) in [4.78, 5) is 17.2. The van der Waals surface area contributed by atoms with Crippen LogP contribution >= 0.6 is 0 Å². The molecule has 9 nitrogen and oxygen atoms in total. The Morgan fingerprint density at radius 2 is 1.60 bits per heavy atom. The first-order chi connectivity index (χ1) is 20.2. The number of carbonyl (C=O) groups excluding carboxylic acids is 1. The lowest BCUT2D eigenvalue weighted by atomic mass is 9.96. The smallest absolute Gasteiger partial charge is 0.412 e. The zero-order valence-corrected chi connectivity index (χ0v) is 26.2. The molecule has 226 valence electrons. The van der Waals surface area contributed by atoms with Crippen LogP contribution in [0, 0.1) is 5.92 Å². The van der Waals surface area contributed by atoms with Gasteiger partial charge in [0.15, 0.2) is 15.5 Å². The van der Waals surface area contributed by atoms with E-state index in [1.165, 1.54) is 34.4 Å². The third kappa shape index (κ3) is 6.83. The maximum absolute atomic E-state index is 14.2. The number of benzene rings is 2. The van der Waals surface area contributed by atoms with Crippen molar-refractivity contribution in [2.75, 3.05) is 11.6 Å². The number of rotatable bonds is 7. The zero-order chi connectivity index (χ0) is 31.0. The third-order valence-electron chi connectivity index (χ3n) is 7.20. The highest BCUT2D eigenvalue weighted by Crippen LogP contribution is 2.37. The largest absolute Gasteiger partial charge is 0.444 e. The van der Waals surface area contributed by atoms with Crippen LogP contribution in [-0.2, 0) is 24.6 Å². The SMILES string of the molecule is CC(C)(C)OC(=O)Nc1cnc2c(c1)cc(C(=CC1CCCC1)c1ccc(S(C)(=O)=O)cc1)n2S(=O)(=O)c1ccccc1. The van der Waals surface area contributed by atoms with E-state index in [1.54, 1.807) is 63.2 Å². The molecule has 2 aromatic heterocycles. The molecule has 1 saturated carbocycles. The monoisotopic (exact) mass is 621 g/mol. The van der Waals surface area contributed by atoms with Gasteiger partial charge in [-0.3, -0.25) is 5.32 Å². The van der Waals surface area contributed by atoms with Crippen molar-refractivity contribution in [2.24, 2.45) is 5.92 Å². The van der Waals surface area contributed by atoms with Gasteiger partial charge in [-0.25, -0.2) is 30.6 Å². The minimum Gasteiger partial charge on any atom is -0.444 e. The van der Waals surface area contributed by atoms with Gasteiger partial charge in [0.25, 0.3) is 10.0 Å². The number of pyridine rings is 1. The molecule has 1 aliphatic rings. The standard InChI is InChI=1S/C32H35N3O6S2/c1-32(2,3)41-31(36)34-25-19-24-20-29(35(30(24)33-21-25)43(39,40)27-12-6-5-7-13-27)28(18-22-10-8-9-11-22)23-14-16-26(17-15-23)42(4,37)38/h5-7,12-22H,8-11H2,1-4H3,(H,34,36). The molecule has 1 aliphatic carbocycles. The molecule has 1 fully saturated rings. The van der Waals surface area contributed by atoms with Crippen molar-refractivity contribution >= 4 is 48.2 Å². The van der Waals surface area contributed by atoms with E-state index < -0.39 is 31.6 Å². The Morgan fingerprint density at radius 1 is 0.953 bits per heavy atom. The van der Waals surface area contributed by atoms with Crippen LogP contribution in [0.1, 0.15) is 57.7 Å². The number of anilines is 1. The van der Waals surface area contributed by atoms with Crippen LogP contribution in [0.3, 0.4) is 0 Å². The van der Waals surface area contributed by atoms with Gasteiger partial charge in [-0.05, 0) is 81.5 Å². The number of nitrogens with zero attached hydrogens (tertiary/aromatic N) is 2. The van der Waals surface area contributed by atoms with E-state index in [9.17, 15) is 21.6 Å². The van der Waals surface area contributed by atoms with Gasteiger partial charge in [0, 0.05) is 17.2 Å². The molecule has 5 rings (SSSR count). The maximum Gasteiger partial charge on any atom is 0.412 e. The molecule has 43 heavy (non-hydrogen) atoms. The van der Waals surface area contributed by atoms with Gasteiger partial charge in [0.2, 0.25) is 0 Å². The topological polar surface area (TPSA) is 124 Å². The van der Waals surface area contributed by atoms with Gasteiger partial charge < -0.3 is 4.74 Å². The predicted octanol–water partition coefficient (Wildman–Crippen LogP) is 6.65. The predicted molar refractivity (Wildman–Crippen MR) is 167 cm³/mol. The minimum atomic E-state index is -4.13. The molecule has 0 aliphatic heterocycles. The highest BCUT2D eigenvalue weighted by molar-refractivity contribution is 7.90. The summed E-state index contributed by atoms with van der Waals surface area (Å²) < 4.78 is 59.4. The molecule has 0 unspecified atom stereocenters. The van der Waals surface area contributed by atoms with Crippen molar-refractivity contribution in [3.05, 3.63) is 90.3 Å². The van der Waals surface area contributed by atoms with Crippen molar-refractivity contribution in [1.29, 1.82) is 0 Å². The first-order valence-corrected chi connectivity index (χ1v) is 17.4. The Morgan fingerprint density at radius 3 is 2.21 bits per heavy atom. The average molecular weight is 622 g/mol. The van der Waals surface area contributed by atoms with Crippen molar-refractivity contribution in [2.45, 2.75) is 61.8 Å². The third-order valence-corrected chi connectivity index (χ3v) is 10.0. The zero-order valence-electron chi connectivity index (χ0n) is 24.6. The highest BCUT2D eigenvalue weighted by atomic mass is 32.2. The Labute approximate surface area is 252 Å². The van der Waals surface area contributed by atoms with Crippen LogP contribution in [-0.4, -0.2) is 43.7 Å². The molecule has 0 atom stereocenters. The van der Waals surface area contributed by atoms with Crippen LogP contribution in [0.25, 0.3) is 16.6 Å². The molecule has 0 radical (unpaired) electrons. The number of hydrogen-bond donors (Lipinski definition) is 1. The summed E-state index contributed by atoms with van der Waals surface area (Å²) in [6, 6.07) is 18.0. The van der Waals surface area contributed by atoms with Crippen LogP contribution in [0.15, 0.2) is 88.8 Å². The summed E-state index contributed by atoms with van der Waals surface area (Å²) in [5.74, 6) is 0.229. The fourth-order valence-corrected chi connectivity index (χ4v) is 7.39. The first kappa shape index (κ1) is 30.5. The van der Waals surface area contributed by atoms with E-state index in [4.69, 9.17) is 4.74 Å². The van der Waals surface area contributed by atoms with Gasteiger partial charge in [-0.15, -0.1) is 0 Å². The van der Waals surface area contributed by atoms with Crippen LogP contribution in [0.4, 0.5) is 10.5 Å². The second-order valence-electron chi connectivity index (χ2n) is 11.8. The van der Waals surface area contributed by atoms with Gasteiger partial charge in [-0.2, -0.15) is 0 Å². The molecule has 2 aromatic carbocycles. The van der Waals surface area contributed by atoms with Gasteiger partial charge in [0.05, 0.1) is 27.4 Å². The van der Waals surface area contributed by atoms with Gasteiger partial charge >= 0.3 is 6.09 Å². The Kier molecular flexibility index (Phi) is 8.24. The number of ether oxygens (including phenoxy) is 1. The van der Waals surface area contributed by atoms with Gasteiger partial charge in [-0.1, -0.05) is 49.2 Å². The Bertz CT molecular complexity index is 1900. The molecule has 0 spiro atoms. The second kappa shape index (κ2) is 11.6. The lowest BCUT2D eigenvalue weighted by Gasteiger charge is -2.19. The van der Waals surface area contributed by atoms with Crippen LogP contribution in [0.2, 0.25) is 0 Å². The fraction of sp³-hybridized carbons (Fsp3) is 0.312. The molecule has 11 heteroatoms. The van der Waals surface area contributed by atoms with E-state index in [0.29, 0.717) is 27.9 Å². The molecule has 1 N–H and O–H groups in total. The van der Waals surface area contributed by atoms with Crippen molar-refractivity contribution in [3.63, 3.8) is 0 Å². The molecule has 0 bridgehead atoms. The maximum atomic E-state index is 14.2. The van der Waals surface area contributed by atoms with E-state index in [1.807, 2.05) is 0 Å². The quantitative estimate of drug-likeness (QED) is 0.245. The summed E-state index contributed by atoms with van der Waals surface area (Å²) >= 11 is 0. The fourth-order valence-electron chi connectivity index (χ4n) is 5.26. The second-order valence-corrected chi connectivity index (χ2v) is 15.6.